The van der Waals surface area contributed by atoms with Gasteiger partial charge in [0.1, 0.15) is 0 Å². The van der Waals surface area contributed by atoms with Crippen LogP contribution in [0.2, 0.25) is 0 Å². The summed E-state index contributed by atoms with van der Waals surface area (Å²) in [7, 11) is 0. The third-order valence-corrected chi connectivity index (χ3v) is 3.89. The topological polar surface area (TPSA) is 44.0 Å². The second-order valence-corrected chi connectivity index (χ2v) is 5.35. The lowest BCUT2D eigenvalue weighted by Gasteiger charge is -2.19. The lowest BCUT2D eigenvalue weighted by atomic mass is 10.2. The SMILES string of the molecule is Cc1n[nH]c(C)c1CNCCN1CCCCCC1. The van der Waals surface area contributed by atoms with Crippen LogP contribution in [0.4, 0.5) is 0 Å². The standard InChI is InChI=1S/C14H26N4/c1-12-14(13(2)17-16-12)11-15-7-10-18-8-5-3-4-6-9-18/h15H,3-11H2,1-2H3,(H,16,17). The number of likely N-dealkylation sites (tertiary alicyclic amines) is 1. The zero-order valence-corrected chi connectivity index (χ0v) is 11.8. The molecule has 2 rings (SSSR count). The number of aromatic nitrogens is 2. The Labute approximate surface area is 110 Å². The van der Waals surface area contributed by atoms with Gasteiger partial charge in [0.2, 0.25) is 0 Å². The van der Waals surface area contributed by atoms with Crippen molar-refractivity contribution in [3.63, 3.8) is 0 Å². The molecule has 18 heavy (non-hydrogen) atoms. The normalized spacial score (nSPS) is 17.9. The van der Waals surface area contributed by atoms with Crippen LogP contribution in [0.15, 0.2) is 0 Å². The molecule has 1 fully saturated rings. The summed E-state index contributed by atoms with van der Waals surface area (Å²) in [6.07, 6.45) is 5.58. The van der Waals surface area contributed by atoms with Crippen molar-refractivity contribution in [1.82, 2.24) is 20.4 Å². The van der Waals surface area contributed by atoms with E-state index in [0.717, 1.165) is 18.8 Å². The van der Waals surface area contributed by atoms with Crippen LogP contribution in [0.5, 0.6) is 0 Å². The third-order valence-electron chi connectivity index (χ3n) is 3.89. The second-order valence-electron chi connectivity index (χ2n) is 5.35. The molecule has 0 saturated carbocycles. The van der Waals surface area contributed by atoms with Crippen LogP contribution in [-0.4, -0.2) is 41.3 Å². The molecular weight excluding hydrogens is 224 g/mol. The van der Waals surface area contributed by atoms with Crippen molar-refractivity contribution >= 4 is 0 Å². The molecule has 1 saturated heterocycles. The summed E-state index contributed by atoms with van der Waals surface area (Å²) in [5.74, 6) is 0. The highest BCUT2D eigenvalue weighted by Crippen LogP contribution is 2.10. The minimum atomic E-state index is 0.933. The Morgan fingerprint density at radius 3 is 2.50 bits per heavy atom. The van der Waals surface area contributed by atoms with Crippen LogP contribution >= 0.6 is 0 Å². The highest BCUT2D eigenvalue weighted by atomic mass is 15.1. The lowest BCUT2D eigenvalue weighted by molar-refractivity contribution is 0.284. The first-order valence-corrected chi connectivity index (χ1v) is 7.21. The molecule has 1 aromatic rings. The van der Waals surface area contributed by atoms with Gasteiger partial charge in [-0.2, -0.15) is 5.10 Å². The summed E-state index contributed by atoms with van der Waals surface area (Å²) in [5, 5.41) is 10.8. The monoisotopic (exact) mass is 250 g/mol. The van der Waals surface area contributed by atoms with Gasteiger partial charge in [-0.1, -0.05) is 12.8 Å². The fourth-order valence-electron chi connectivity index (χ4n) is 2.64. The number of hydrogen-bond acceptors (Lipinski definition) is 3. The van der Waals surface area contributed by atoms with Crippen molar-refractivity contribution in [3.05, 3.63) is 17.0 Å². The van der Waals surface area contributed by atoms with Gasteiger partial charge in [0.15, 0.2) is 0 Å². The Balaban J connectivity index is 1.66. The quantitative estimate of drug-likeness (QED) is 0.786. The molecule has 0 atom stereocenters. The largest absolute Gasteiger partial charge is 0.311 e. The first-order chi connectivity index (χ1) is 8.77. The molecule has 4 nitrogen and oxygen atoms in total. The van der Waals surface area contributed by atoms with Crippen molar-refractivity contribution in [2.75, 3.05) is 26.2 Å². The molecule has 0 aliphatic carbocycles. The highest BCUT2D eigenvalue weighted by molar-refractivity contribution is 5.22. The van der Waals surface area contributed by atoms with Gasteiger partial charge in [-0.25, -0.2) is 0 Å². The summed E-state index contributed by atoms with van der Waals surface area (Å²) in [6.45, 7) is 9.90. The van der Waals surface area contributed by atoms with Gasteiger partial charge in [0.05, 0.1) is 5.69 Å². The Hall–Kier alpha value is -0.870. The number of hydrogen-bond donors (Lipinski definition) is 2. The van der Waals surface area contributed by atoms with Gasteiger partial charge in [-0.3, -0.25) is 5.10 Å². The van der Waals surface area contributed by atoms with Gasteiger partial charge >= 0.3 is 0 Å². The molecule has 0 spiro atoms. The van der Waals surface area contributed by atoms with E-state index in [1.807, 2.05) is 0 Å². The van der Waals surface area contributed by atoms with Crippen molar-refractivity contribution in [1.29, 1.82) is 0 Å². The van der Waals surface area contributed by atoms with Crippen molar-refractivity contribution < 1.29 is 0 Å². The first-order valence-electron chi connectivity index (χ1n) is 7.21. The van der Waals surface area contributed by atoms with Gasteiger partial charge in [-0.05, 0) is 39.8 Å². The van der Waals surface area contributed by atoms with Crippen molar-refractivity contribution in [3.8, 4) is 0 Å². The van der Waals surface area contributed by atoms with Crippen LogP contribution in [-0.2, 0) is 6.54 Å². The molecule has 4 heteroatoms. The highest BCUT2D eigenvalue weighted by Gasteiger charge is 2.09. The number of aryl methyl sites for hydroxylation is 2. The van der Waals surface area contributed by atoms with Gasteiger partial charge in [-0.15, -0.1) is 0 Å². The van der Waals surface area contributed by atoms with E-state index in [9.17, 15) is 0 Å². The first kappa shape index (κ1) is 13.6. The number of aromatic amines is 1. The summed E-state index contributed by atoms with van der Waals surface area (Å²) in [6, 6.07) is 0. The Bertz CT molecular complexity index is 331. The minimum Gasteiger partial charge on any atom is -0.311 e. The molecule has 1 aliphatic rings. The zero-order chi connectivity index (χ0) is 12.8. The molecule has 1 aromatic heterocycles. The molecule has 1 aliphatic heterocycles. The molecule has 0 unspecified atom stereocenters. The van der Waals surface area contributed by atoms with E-state index in [2.05, 4.69) is 34.3 Å². The second kappa shape index (κ2) is 6.90. The molecular formula is C14H26N4. The third kappa shape index (κ3) is 3.82. The molecule has 0 bridgehead atoms. The van der Waals surface area contributed by atoms with Crippen LogP contribution in [0.25, 0.3) is 0 Å². The van der Waals surface area contributed by atoms with Crippen LogP contribution in [0, 0.1) is 13.8 Å². The summed E-state index contributed by atoms with van der Waals surface area (Å²) in [4.78, 5) is 2.59. The summed E-state index contributed by atoms with van der Waals surface area (Å²) < 4.78 is 0. The molecule has 0 radical (unpaired) electrons. The molecule has 0 amide bonds. The average Bonchev–Trinajstić information content (AvgIpc) is 2.60. The Kier molecular flexibility index (Phi) is 5.20. The van der Waals surface area contributed by atoms with Crippen LogP contribution < -0.4 is 5.32 Å². The van der Waals surface area contributed by atoms with E-state index in [-0.39, 0.29) is 0 Å². The maximum atomic E-state index is 4.22. The molecule has 2 heterocycles. The van der Waals surface area contributed by atoms with E-state index in [4.69, 9.17) is 0 Å². The average molecular weight is 250 g/mol. The summed E-state index contributed by atoms with van der Waals surface area (Å²) in [5.41, 5.74) is 3.63. The Morgan fingerprint density at radius 1 is 1.17 bits per heavy atom. The van der Waals surface area contributed by atoms with Crippen LogP contribution in [0.3, 0.4) is 0 Å². The molecule has 2 N–H and O–H groups in total. The maximum Gasteiger partial charge on any atom is 0.0638 e. The number of H-pyrrole nitrogens is 1. The zero-order valence-electron chi connectivity index (χ0n) is 11.8. The van der Waals surface area contributed by atoms with Gasteiger partial charge in [0, 0.05) is 30.9 Å². The Morgan fingerprint density at radius 2 is 1.89 bits per heavy atom. The van der Waals surface area contributed by atoms with Gasteiger partial charge in [0.25, 0.3) is 0 Å². The van der Waals surface area contributed by atoms with E-state index in [1.54, 1.807) is 0 Å². The van der Waals surface area contributed by atoms with Crippen molar-refractivity contribution in [2.24, 2.45) is 0 Å². The maximum absolute atomic E-state index is 4.22. The summed E-state index contributed by atoms with van der Waals surface area (Å²) >= 11 is 0. The predicted octanol–water partition coefficient (Wildman–Crippen LogP) is 1.99. The predicted molar refractivity (Wildman–Crippen MR) is 74.7 cm³/mol. The number of rotatable bonds is 5. The molecule has 0 aromatic carbocycles. The van der Waals surface area contributed by atoms with Crippen molar-refractivity contribution in [2.45, 2.75) is 46.1 Å². The lowest BCUT2D eigenvalue weighted by Crippen LogP contribution is -2.32. The van der Waals surface area contributed by atoms with E-state index in [0.29, 0.717) is 0 Å². The fourth-order valence-corrected chi connectivity index (χ4v) is 2.64. The van der Waals surface area contributed by atoms with Gasteiger partial charge < -0.3 is 10.2 Å². The van der Waals surface area contributed by atoms with Crippen LogP contribution in [0.1, 0.15) is 42.6 Å². The van der Waals surface area contributed by atoms with E-state index >= 15 is 0 Å². The number of nitrogens with one attached hydrogen (secondary N) is 2. The van der Waals surface area contributed by atoms with E-state index < -0.39 is 0 Å². The van der Waals surface area contributed by atoms with E-state index in [1.165, 1.54) is 56.6 Å². The smallest absolute Gasteiger partial charge is 0.0638 e. The molecule has 102 valence electrons. The minimum absolute atomic E-state index is 0.933. The number of nitrogens with zero attached hydrogens (tertiary/aromatic N) is 2. The fraction of sp³-hybridized carbons (Fsp3) is 0.786.